The van der Waals surface area contributed by atoms with Crippen LogP contribution in [0, 0.1) is 5.92 Å². The van der Waals surface area contributed by atoms with Crippen LogP contribution in [-0.4, -0.2) is 74.0 Å². The topological polar surface area (TPSA) is 69.0 Å². The Labute approximate surface area is 177 Å². The number of piperazine rings is 1. The molecule has 2 aromatic rings. The van der Waals surface area contributed by atoms with Crippen LogP contribution in [0.25, 0.3) is 0 Å². The monoisotopic (exact) mass is 410 g/mol. The Balaban J connectivity index is 1.13. The van der Waals surface area contributed by atoms with Crippen molar-refractivity contribution in [2.45, 2.75) is 12.8 Å². The quantitative estimate of drug-likeness (QED) is 0.790. The Kier molecular flexibility index (Phi) is 6.69. The number of anilines is 1. The highest BCUT2D eigenvalue weighted by atomic mass is 16.3. The summed E-state index contributed by atoms with van der Waals surface area (Å²) in [6.45, 7) is 6.80. The zero-order valence-electron chi connectivity index (χ0n) is 17.3. The molecule has 4 rings (SSSR count). The van der Waals surface area contributed by atoms with Gasteiger partial charge in [-0.3, -0.25) is 14.5 Å². The number of para-hydroxylation sites is 1. The molecule has 3 heterocycles. The highest BCUT2D eigenvalue weighted by molar-refractivity contribution is 5.91. The lowest BCUT2D eigenvalue weighted by Gasteiger charge is -2.36. The van der Waals surface area contributed by atoms with Gasteiger partial charge in [-0.15, -0.1) is 0 Å². The molecule has 1 aromatic heterocycles. The number of nitrogens with one attached hydrogen (secondary N) is 1. The van der Waals surface area contributed by atoms with E-state index in [2.05, 4.69) is 39.4 Å². The Morgan fingerprint density at radius 1 is 0.933 bits per heavy atom. The van der Waals surface area contributed by atoms with E-state index in [0.717, 1.165) is 32.7 Å². The first-order valence-corrected chi connectivity index (χ1v) is 10.8. The second kappa shape index (κ2) is 9.80. The number of amides is 2. The summed E-state index contributed by atoms with van der Waals surface area (Å²) in [5.74, 6) is 0.377. The minimum absolute atomic E-state index is 0.0134. The van der Waals surface area contributed by atoms with Crippen LogP contribution in [0.3, 0.4) is 0 Å². The molecular formula is C23H30N4O3. The maximum absolute atomic E-state index is 12.5. The van der Waals surface area contributed by atoms with Crippen molar-refractivity contribution < 1.29 is 14.0 Å². The number of rotatable bonds is 6. The molecule has 1 aromatic carbocycles. The molecule has 0 atom stereocenters. The number of carbonyl (C=O) groups excluding carboxylic acids is 2. The lowest BCUT2D eigenvalue weighted by Crippen LogP contribution is -2.49. The van der Waals surface area contributed by atoms with Crippen LogP contribution in [0.15, 0.2) is 53.1 Å². The molecule has 0 bridgehead atoms. The predicted octanol–water partition coefficient (Wildman–Crippen LogP) is 2.07. The van der Waals surface area contributed by atoms with Crippen molar-refractivity contribution in [2.75, 3.05) is 57.3 Å². The van der Waals surface area contributed by atoms with Crippen LogP contribution in [-0.2, 0) is 4.79 Å². The lowest BCUT2D eigenvalue weighted by atomic mass is 9.95. The third-order valence-electron chi connectivity index (χ3n) is 6.11. The molecule has 160 valence electrons. The normalized spacial score (nSPS) is 18.4. The van der Waals surface area contributed by atoms with Crippen molar-refractivity contribution in [3.63, 3.8) is 0 Å². The minimum Gasteiger partial charge on any atom is -0.459 e. The first-order chi connectivity index (χ1) is 14.7. The van der Waals surface area contributed by atoms with Crippen LogP contribution in [0.2, 0.25) is 0 Å². The first kappa shape index (κ1) is 20.5. The minimum atomic E-state index is -0.0893. The van der Waals surface area contributed by atoms with Gasteiger partial charge >= 0.3 is 0 Å². The van der Waals surface area contributed by atoms with Crippen molar-refractivity contribution in [1.29, 1.82) is 0 Å². The molecule has 2 aliphatic heterocycles. The van der Waals surface area contributed by atoms with Crippen LogP contribution in [0.4, 0.5) is 5.69 Å². The van der Waals surface area contributed by atoms with Crippen LogP contribution >= 0.6 is 0 Å². The summed E-state index contributed by atoms with van der Waals surface area (Å²) >= 11 is 0. The molecule has 0 saturated carbocycles. The SMILES string of the molecule is O=C(NCCN1CCN(c2ccccc2)CC1)C1CCN(C(=O)c2ccco2)CC1. The van der Waals surface area contributed by atoms with Gasteiger partial charge in [-0.25, -0.2) is 0 Å². The maximum atomic E-state index is 12.5. The molecule has 0 radical (unpaired) electrons. The summed E-state index contributed by atoms with van der Waals surface area (Å²) in [4.78, 5) is 31.4. The molecule has 30 heavy (non-hydrogen) atoms. The van der Waals surface area contributed by atoms with Crippen molar-refractivity contribution in [1.82, 2.24) is 15.1 Å². The Hall–Kier alpha value is -2.80. The average Bonchev–Trinajstić information content (AvgIpc) is 3.35. The molecule has 2 saturated heterocycles. The van der Waals surface area contributed by atoms with Crippen LogP contribution < -0.4 is 10.2 Å². The highest BCUT2D eigenvalue weighted by Crippen LogP contribution is 2.19. The summed E-state index contributed by atoms with van der Waals surface area (Å²) in [5.41, 5.74) is 1.28. The fourth-order valence-electron chi connectivity index (χ4n) is 4.25. The summed E-state index contributed by atoms with van der Waals surface area (Å²) < 4.78 is 5.19. The Morgan fingerprint density at radius 2 is 1.67 bits per heavy atom. The van der Waals surface area contributed by atoms with E-state index in [4.69, 9.17) is 4.42 Å². The fraction of sp³-hybridized carbons (Fsp3) is 0.478. The average molecular weight is 411 g/mol. The largest absolute Gasteiger partial charge is 0.459 e. The van der Waals surface area contributed by atoms with Gasteiger partial charge in [0.25, 0.3) is 5.91 Å². The molecule has 7 heteroatoms. The molecule has 2 amide bonds. The molecule has 2 fully saturated rings. The van der Waals surface area contributed by atoms with Gasteiger partial charge in [0.15, 0.2) is 5.76 Å². The van der Waals surface area contributed by atoms with Gasteiger partial charge in [0.1, 0.15) is 0 Å². The number of hydrogen-bond donors (Lipinski definition) is 1. The van der Waals surface area contributed by atoms with Gasteiger partial charge in [0, 0.05) is 64.0 Å². The third kappa shape index (κ3) is 5.02. The molecule has 2 aliphatic rings. The smallest absolute Gasteiger partial charge is 0.289 e. The number of hydrogen-bond acceptors (Lipinski definition) is 5. The van der Waals surface area contributed by atoms with Gasteiger partial charge in [0.2, 0.25) is 5.91 Å². The summed E-state index contributed by atoms with van der Waals surface area (Å²) in [7, 11) is 0. The van der Waals surface area contributed by atoms with Crippen molar-refractivity contribution >= 4 is 17.5 Å². The summed E-state index contributed by atoms with van der Waals surface area (Å²) in [6, 6.07) is 13.9. The van der Waals surface area contributed by atoms with Gasteiger partial charge in [-0.2, -0.15) is 0 Å². The van der Waals surface area contributed by atoms with E-state index in [-0.39, 0.29) is 17.7 Å². The van der Waals surface area contributed by atoms with Crippen LogP contribution in [0.1, 0.15) is 23.4 Å². The Morgan fingerprint density at radius 3 is 2.33 bits per heavy atom. The zero-order chi connectivity index (χ0) is 20.8. The molecule has 0 spiro atoms. The Bertz CT molecular complexity index is 808. The summed E-state index contributed by atoms with van der Waals surface area (Å²) in [5, 5.41) is 3.10. The standard InChI is InChI=1S/C23H30N4O3/c28-22(19-8-11-27(12-9-19)23(29)21-7-4-18-30-21)24-10-13-25-14-16-26(17-15-25)20-5-2-1-3-6-20/h1-7,18-19H,8-17H2,(H,24,28). The second-order valence-corrected chi connectivity index (χ2v) is 8.00. The highest BCUT2D eigenvalue weighted by Gasteiger charge is 2.28. The van der Waals surface area contributed by atoms with E-state index in [1.54, 1.807) is 17.0 Å². The van der Waals surface area contributed by atoms with E-state index >= 15 is 0 Å². The number of likely N-dealkylation sites (tertiary alicyclic amines) is 1. The zero-order valence-corrected chi connectivity index (χ0v) is 17.3. The number of furan rings is 1. The van der Waals surface area contributed by atoms with E-state index in [1.165, 1.54) is 12.0 Å². The van der Waals surface area contributed by atoms with E-state index in [9.17, 15) is 9.59 Å². The number of piperidine rings is 1. The van der Waals surface area contributed by atoms with Crippen LogP contribution in [0.5, 0.6) is 0 Å². The lowest BCUT2D eigenvalue weighted by molar-refractivity contribution is -0.126. The third-order valence-corrected chi connectivity index (χ3v) is 6.11. The molecule has 0 unspecified atom stereocenters. The molecular weight excluding hydrogens is 380 g/mol. The summed E-state index contributed by atoms with van der Waals surface area (Å²) in [6.07, 6.45) is 2.91. The number of carbonyl (C=O) groups is 2. The van der Waals surface area contributed by atoms with E-state index in [0.29, 0.717) is 38.2 Å². The van der Waals surface area contributed by atoms with Crippen molar-refractivity contribution in [2.24, 2.45) is 5.92 Å². The molecule has 0 aliphatic carbocycles. The van der Waals surface area contributed by atoms with Gasteiger partial charge in [0.05, 0.1) is 6.26 Å². The maximum Gasteiger partial charge on any atom is 0.289 e. The van der Waals surface area contributed by atoms with Gasteiger partial charge in [-0.1, -0.05) is 18.2 Å². The van der Waals surface area contributed by atoms with Crippen molar-refractivity contribution in [3.05, 3.63) is 54.5 Å². The first-order valence-electron chi connectivity index (χ1n) is 10.8. The van der Waals surface area contributed by atoms with Crippen molar-refractivity contribution in [3.8, 4) is 0 Å². The fourth-order valence-corrected chi connectivity index (χ4v) is 4.25. The van der Waals surface area contributed by atoms with Gasteiger partial charge in [-0.05, 0) is 37.1 Å². The number of nitrogens with zero attached hydrogens (tertiary/aromatic N) is 3. The van der Waals surface area contributed by atoms with E-state index in [1.807, 2.05) is 6.07 Å². The van der Waals surface area contributed by atoms with Gasteiger partial charge < -0.3 is 19.5 Å². The number of benzene rings is 1. The van der Waals surface area contributed by atoms with E-state index < -0.39 is 0 Å². The molecule has 7 nitrogen and oxygen atoms in total. The second-order valence-electron chi connectivity index (χ2n) is 8.00. The molecule has 1 N–H and O–H groups in total. The predicted molar refractivity (Wildman–Crippen MR) is 115 cm³/mol.